The lowest BCUT2D eigenvalue weighted by molar-refractivity contribution is 0.0594. The molecule has 0 aliphatic heterocycles. The number of halogens is 1. The maximum Gasteiger partial charge on any atom is 0.344 e. The van der Waals surface area contributed by atoms with Gasteiger partial charge in [0.15, 0.2) is 0 Å². The summed E-state index contributed by atoms with van der Waals surface area (Å²) in [6.07, 6.45) is 1.14. The first kappa shape index (κ1) is 10.6. The number of methoxy groups -OCH3 is 2. The van der Waals surface area contributed by atoms with Crippen molar-refractivity contribution in [3.63, 3.8) is 0 Å². The highest BCUT2D eigenvalue weighted by molar-refractivity contribution is 5.88. The first-order chi connectivity index (χ1) is 6.70. The fourth-order valence-electron chi connectivity index (χ4n) is 0.951. The summed E-state index contributed by atoms with van der Waals surface area (Å²) in [5.41, 5.74) is -0.163. The molecule has 0 N–H and O–H groups in total. The molecule has 0 saturated heterocycles. The Morgan fingerprint density at radius 1 is 1.64 bits per heavy atom. The largest absolute Gasteiger partial charge is 0.465 e. The van der Waals surface area contributed by atoms with Crippen molar-refractivity contribution in [1.82, 2.24) is 9.78 Å². The van der Waals surface area contributed by atoms with E-state index < -0.39 is 11.9 Å². The van der Waals surface area contributed by atoms with Gasteiger partial charge in [-0.15, -0.1) is 0 Å². The molecular formula is C8H11FN2O3. The molecule has 0 saturated carbocycles. The van der Waals surface area contributed by atoms with Gasteiger partial charge in [0, 0.05) is 7.11 Å². The summed E-state index contributed by atoms with van der Waals surface area (Å²) in [6.45, 7) is 0.596. The van der Waals surface area contributed by atoms with Crippen molar-refractivity contribution in [2.75, 3.05) is 20.8 Å². The van der Waals surface area contributed by atoms with E-state index >= 15 is 0 Å². The maximum absolute atomic E-state index is 13.3. The summed E-state index contributed by atoms with van der Waals surface area (Å²) in [5.74, 6) is -1.43. The minimum Gasteiger partial charge on any atom is -0.465 e. The highest BCUT2D eigenvalue weighted by Gasteiger charge is 2.17. The van der Waals surface area contributed by atoms with Crippen molar-refractivity contribution >= 4 is 5.97 Å². The lowest BCUT2D eigenvalue weighted by Gasteiger charge is -2.00. The molecule has 0 unspecified atom stereocenters. The summed E-state index contributed by atoms with van der Waals surface area (Å²) in [5, 5.41) is 3.68. The van der Waals surface area contributed by atoms with Crippen molar-refractivity contribution in [2.24, 2.45) is 0 Å². The van der Waals surface area contributed by atoms with Gasteiger partial charge in [0.25, 0.3) is 0 Å². The minimum absolute atomic E-state index is 0.163. The zero-order chi connectivity index (χ0) is 10.6. The predicted octanol–water partition coefficient (Wildman–Crippen LogP) is 0.455. The van der Waals surface area contributed by atoms with Crippen LogP contribution in [0.15, 0.2) is 6.20 Å². The average Bonchev–Trinajstić information content (AvgIpc) is 2.56. The molecule has 0 aromatic carbocycles. The van der Waals surface area contributed by atoms with Gasteiger partial charge in [0.05, 0.1) is 26.5 Å². The lowest BCUT2D eigenvalue weighted by Crippen LogP contribution is -2.10. The maximum atomic E-state index is 13.3. The molecule has 1 heterocycles. The molecular weight excluding hydrogens is 191 g/mol. The van der Waals surface area contributed by atoms with Crippen LogP contribution in [0, 0.1) is 5.95 Å². The van der Waals surface area contributed by atoms with Crippen molar-refractivity contribution in [3.05, 3.63) is 17.7 Å². The van der Waals surface area contributed by atoms with E-state index in [2.05, 4.69) is 9.84 Å². The summed E-state index contributed by atoms with van der Waals surface area (Å²) in [6, 6.07) is 0. The topological polar surface area (TPSA) is 53.4 Å². The van der Waals surface area contributed by atoms with Crippen molar-refractivity contribution in [2.45, 2.75) is 6.54 Å². The van der Waals surface area contributed by atoms with Crippen molar-refractivity contribution < 1.29 is 18.7 Å². The number of carbonyl (C=O) groups is 1. The highest BCUT2D eigenvalue weighted by atomic mass is 19.1. The molecule has 78 valence electrons. The molecule has 6 heteroatoms. The summed E-state index contributed by atoms with van der Waals surface area (Å²) in [7, 11) is 2.69. The fraction of sp³-hybridized carbons (Fsp3) is 0.500. The number of hydrogen-bond donors (Lipinski definition) is 0. The lowest BCUT2D eigenvalue weighted by atomic mass is 10.3. The Morgan fingerprint density at radius 3 is 2.93 bits per heavy atom. The third-order valence-electron chi connectivity index (χ3n) is 1.69. The quantitative estimate of drug-likeness (QED) is 0.665. The van der Waals surface area contributed by atoms with Crippen LogP contribution in [0.5, 0.6) is 0 Å². The molecule has 5 nitrogen and oxygen atoms in total. The Kier molecular flexibility index (Phi) is 3.58. The van der Waals surface area contributed by atoms with E-state index in [9.17, 15) is 9.18 Å². The van der Waals surface area contributed by atoms with E-state index in [1.165, 1.54) is 14.2 Å². The van der Waals surface area contributed by atoms with Crippen molar-refractivity contribution in [3.8, 4) is 0 Å². The minimum atomic E-state index is -0.730. The van der Waals surface area contributed by atoms with Crippen LogP contribution in [0.25, 0.3) is 0 Å². The number of aromatic nitrogens is 2. The molecule has 0 radical (unpaired) electrons. The smallest absolute Gasteiger partial charge is 0.344 e. The Balaban J connectivity index is 2.80. The number of hydrogen-bond acceptors (Lipinski definition) is 4. The second-order valence-corrected chi connectivity index (χ2v) is 2.56. The molecule has 1 aromatic rings. The Hall–Kier alpha value is -1.43. The van der Waals surface area contributed by atoms with Crippen LogP contribution in [0.2, 0.25) is 0 Å². The third-order valence-corrected chi connectivity index (χ3v) is 1.69. The number of esters is 1. The van der Waals surface area contributed by atoms with Crippen LogP contribution in [0.3, 0.4) is 0 Å². The van der Waals surface area contributed by atoms with E-state index in [0.29, 0.717) is 6.61 Å². The zero-order valence-corrected chi connectivity index (χ0v) is 7.99. The molecule has 0 amide bonds. The molecule has 0 aliphatic carbocycles. The number of ether oxygens (including phenoxy) is 2. The summed E-state index contributed by atoms with van der Waals surface area (Å²) >= 11 is 0. The molecule has 0 atom stereocenters. The molecule has 1 aromatic heterocycles. The van der Waals surface area contributed by atoms with Crippen LogP contribution in [-0.2, 0) is 16.0 Å². The van der Waals surface area contributed by atoms with Gasteiger partial charge in [-0.05, 0) is 0 Å². The first-order valence-corrected chi connectivity index (χ1v) is 3.99. The van der Waals surface area contributed by atoms with Crippen LogP contribution in [0.4, 0.5) is 4.39 Å². The number of nitrogens with zero attached hydrogens (tertiary/aromatic N) is 2. The molecule has 1 rings (SSSR count). The van der Waals surface area contributed by atoms with E-state index in [1.807, 2.05) is 0 Å². The van der Waals surface area contributed by atoms with E-state index in [-0.39, 0.29) is 12.1 Å². The van der Waals surface area contributed by atoms with Gasteiger partial charge in [-0.3, -0.25) is 0 Å². The Morgan fingerprint density at radius 2 is 2.36 bits per heavy atom. The molecule has 14 heavy (non-hydrogen) atoms. The zero-order valence-electron chi connectivity index (χ0n) is 7.99. The molecule has 0 bridgehead atoms. The first-order valence-electron chi connectivity index (χ1n) is 3.99. The molecule has 0 aliphatic rings. The van der Waals surface area contributed by atoms with Crippen LogP contribution in [0.1, 0.15) is 10.4 Å². The number of carbonyl (C=O) groups excluding carboxylic acids is 1. The second-order valence-electron chi connectivity index (χ2n) is 2.56. The van der Waals surface area contributed by atoms with Gasteiger partial charge in [-0.1, -0.05) is 0 Å². The summed E-state index contributed by atoms with van der Waals surface area (Å²) < 4.78 is 23.5. The highest BCUT2D eigenvalue weighted by Crippen LogP contribution is 2.07. The Labute approximate surface area is 80.4 Å². The Bertz CT molecular complexity index is 324. The van der Waals surface area contributed by atoms with Gasteiger partial charge in [0.2, 0.25) is 5.95 Å². The van der Waals surface area contributed by atoms with E-state index in [1.54, 1.807) is 0 Å². The normalized spacial score (nSPS) is 10.2. The van der Waals surface area contributed by atoms with Gasteiger partial charge in [-0.2, -0.15) is 9.49 Å². The van der Waals surface area contributed by atoms with Crippen LogP contribution < -0.4 is 0 Å². The van der Waals surface area contributed by atoms with Crippen molar-refractivity contribution in [1.29, 1.82) is 0 Å². The standard InChI is InChI=1S/C8H11FN2O3/c1-13-4-3-11-7(9)6(5-10-11)8(12)14-2/h5H,3-4H2,1-2H3. The van der Waals surface area contributed by atoms with E-state index in [4.69, 9.17) is 4.74 Å². The van der Waals surface area contributed by atoms with Gasteiger partial charge >= 0.3 is 5.97 Å². The van der Waals surface area contributed by atoms with Gasteiger partial charge in [-0.25, -0.2) is 9.48 Å². The average molecular weight is 202 g/mol. The molecule has 0 fully saturated rings. The van der Waals surface area contributed by atoms with Gasteiger partial charge in [0.1, 0.15) is 5.56 Å². The third kappa shape index (κ3) is 2.08. The summed E-state index contributed by atoms with van der Waals surface area (Å²) in [4.78, 5) is 11.0. The SMILES string of the molecule is COCCn1ncc(C(=O)OC)c1F. The predicted molar refractivity (Wildman–Crippen MR) is 45.4 cm³/mol. The molecule has 0 spiro atoms. The van der Waals surface area contributed by atoms with Crippen LogP contribution >= 0.6 is 0 Å². The fourth-order valence-corrected chi connectivity index (χ4v) is 0.951. The second kappa shape index (κ2) is 4.71. The van der Waals surface area contributed by atoms with Crippen LogP contribution in [-0.4, -0.2) is 36.6 Å². The monoisotopic (exact) mass is 202 g/mol. The number of rotatable bonds is 4. The van der Waals surface area contributed by atoms with E-state index in [0.717, 1.165) is 10.9 Å². The van der Waals surface area contributed by atoms with Gasteiger partial charge < -0.3 is 9.47 Å².